The molecule has 2 heterocycles. The first-order valence-electron chi connectivity index (χ1n) is 8.75. The minimum absolute atomic E-state index is 0.0159. The second-order valence-corrected chi connectivity index (χ2v) is 8.38. The number of fused-ring (bicyclic) bond motifs is 1. The number of nitrogens with zero attached hydrogens (tertiary/aromatic N) is 2. The number of aromatic carboxylic acids is 1. The summed E-state index contributed by atoms with van der Waals surface area (Å²) in [6.45, 7) is 3.16. The number of hydrogen-bond acceptors (Lipinski definition) is 5. The molecule has 1 aliphatic rings. The van der Waals surface area contributed by atoms with Crippen molar-refractivity contribution in [2.45, 2.75) is 44.0 Å². The third-order valence-electron chi connectivity index (χ3n) is 4.82. The molecular formula is C18H21N2O5S-. The molecular weight excluding hydrogens is 356 g/mol. The standard InChI is InChI=1S/C18H22N2O5S/c1-2-19-12-15(18(22)23)17(21)14-11-13(7-8-16(14)19)26(24,25)20-9-5-3-4-6-10-20/h7-8,11-12H,2-6,9-10H2,1H3,(H,22,23)/p-1. The maximum absolute atomic E-state index is 13.0. The van der Waals surface area contributed by atoms with Crippen molar-refractivity contribution in [3.05, 3.63) is 40.2 Å². The molecule has 0 radical (unpaired) electrons. The lowest BCUT2D eigenvalue weighted by atomic mass is 10.1. The van der Waals surface area contributed by atoms with Gasteiger partial charge in [0.05, 0.1) is 21.9 Å². The molecule has 0 atom stereocenters. The van der Waals surface area contributed by atoms with Crippen LogP contribution in [-0.4, -0.2) is 36.3 Å². The lowest BCUT2D eigenvalue weighted by Crippen LogP contribution is -2.32. The molecule has 26 heavy (non-hydrogen) atoms. The molecule has 0 spiro atoms. The van der Waals surface area contributed by atoms with Gasteiger partial charge in [0.15, 0.2) is 5.43 Å². The summed E-state index contributed by atoms with van der Waals surface area (Å²) in [5.41, 5.74) is -0.696. The maximum atomic E-state index is 13.0. The lowest BCUT2D eigenvalue weighted by Gasteiger charge is -2.20. The van der Waals surface area contributed by atoms with E-state index in [1.54, 1.807) is 10.6 Å². The summed E-state index contributed by atoms with van der Waals surface area (Å²) in [5, 5.41) is 11.3. The van der Waals surface area contributed by atoms with Crippen LogP contribution in [0.2, 0.25) is 0 Å². The highest BCUT2D eigenvalue weighted by Gasteiger charge is 2.26. The Morgan fingerprint density at radius 2 is 1.81 bits per heavy atom. The van der Waals surface area contributed by atoms with Gasteiger partial charge in [0.1, 0.15) is 0 Å². The lowest BCUT2D eigenvalue weighted by molar-refractivity contribution is -0.255. The highest BCUT2D eigenvalue weighted by molar-refractivity contribution is 7.89. The number of carboxylic acids is 1. The van der Waals surface area contributed by atoms with Crippen LogP contribution in [0.4, 0.5) is 0 Å². The van der Waals surface area contributed by atoms with Gasteiger partial charge in [-0.15, -0.1) is 0 Å². The number of benzene rings is 1. The van der Waals surface area contributed by atoms with Crippen LogP contribution < -0.4 is 10.5 Å². The van der Waals surface area contributed by atoms with E-state index in [2.05, 4.69) is 0 Å². The quantitative estimate of drug-likeness (QED) is 0.790. The molecule has 0 amide bonds. The molecule has 140 valence electrons. The SMILES string of the molecule is CCn1cc(C(=O)[O-])c(=O)c2cc(S(=O)(=O)N3CCCCCC3)ccc21. The topological polar surface area (TPSA) is 99.5 Å². The van der Waals surface area contributed by atoms with E-state index in [4.69, 9.17) is 0 Å². The van der Waals surface area contributed by atoms with Crippen LogP contribution in [-0.2, 0) is 16.6 Å². The average molecular weight is 377 g/mol. The summed E-state index contributed by atoms with van der Waals surface area (Å²) < 4.78 is 29.0. The van der Waals surface area contributed by atoms with E-state index in [9.17, 15) is 23.1 Å². The Labute approximate surface area is 151 Å². The van der Waals surface area contributed by atoms with Gasteiger partial charge in [-0.25, -0.2) is 8.42 Å². The number of rotatable bonds is 4. The van der Waals surface area contributed by atoms with Crippen molar-refractivity contribution in [3.8, 4) is 0 Å². The van der Waals surface area contributed by atoms with Crippen molar-refractivity contribution in [2.24, 2.45) is 0 Å². The molecule has 0 bridgehead atoms. The van der Waals surface area contributed by atoms with Crippen molar-refractivity contribution in [2.75, 3.05) is 13.1 Å². The van der Waals surface area contributed by atoms with Gasteiger partial charge in [0.2, 0.25) is 10.0 Å². The van der Waals surface area contributed by atoms with Gasteiger partial charge in [-0.05, 0) is 38.0 Å². The summed E-state index contributed by atoms with van der Waals surface area (Å²) in [6, 6.07) is 4.33. The van der Waals surface area contributed by atoms with E-state index >= 15 is 0 Å². The normalized spacial score (nSPS) is 16.5. The first kappa shape index (κ1) is 18.6. The van der Waals surface area contributed by atoms with E-state index in [0.29, 0.717) is 25.2 Å². The Hall–Kier alpha value is -2.19. The summed E-state index contributed by atoms with van der Waals surface area (Å²) in [7, 11) is -3.72. The van der Waals surface area contributed by atoms with Crippen molar-refractivity contribution in [3.63, 3.8) is 0 Å². The first-order valence-corrected chi connectivity index (χ1v) is 10.2. The fourth-order valence-corrected chi connectivity index (χ4v) is 4.92. The first-order chi connectivity index (χ1) is 12.4. The smallest absolute Gasteiger partial charge is 0.243 e. The van der Waals surface area contributed by atoms with Gasteiger partial charge in [-0.2, -0.15) is 4.31 Å². The zero-order valence-electron chi connectivity index (χ0n) is 14.6. The molecule has 1 aromatic carbocycles. The average Bonchev–Trinajstić information content (AvgIpc) is 2.91. The molecule has 1 fully saturated rings. The van der Waals surface area contributed by atoms with Crippen LogP contribution in [0.25, 0.3) is 10.9 Å². The van der Waals surface area contributed by atoms with E-state index in [-0.39, 0.29) is 10.3 Å². The molecule has 1 aliphatic heterocycles. The monoisotopic (exact) mass is 377 g/mol. The second kappa shape index (κ2) is 7.20. The molecule has 1 aromatic heterocycles. The largest absolute Gasteiger partial charge is 0.545 e. The predicted molar refractivity (Wildman–Crippen MR) is 95.4 cm³/mol. The summed E-state index contributed by atoms with van der Waals surface area (Å²) in [6.07, 6.45) is 4.86. The molecule has 8 heteroatoms. The van der Waals surface area contributed by atoms with Gasteiger partial charge in [-0.1, -0.05) is 12.8 Å². The number of aromatic nitrogens is 1. The molecule has 0 aliphatic carbocycles. The third-order valence-corrected chi connectivity index (χ3v) is 6.71. The Bertz CT molecular complexity index is 1000. The minimum Gasteiger partial charge on any atom is -0.545 e. The molecule has 2 aromatic rings. The number of carbonyl (C=O) groups excluding carboxylic acids is 1. The van der Waals surface area contributed by atoms with Gasteiger partial charge in [0.25, 0.3) is 0 Å². The Morgan fingerprint density at radius 3 is 2.38 bits per heavy atom. The van der Waals surface area contributed by atoms with Gasteiger partial charge in [-0.3, -0.25) is 4.79 Å². The number of hydrogen-bond donors (Lipinski definition) is 0. The molecule has 0 N–H and O–H groups in total. The Balaban J connectivity index is 2.18. The van der Waals surface area contributed by atoms with E-state index in [0.717, 1.165) is 25.7 Å². The molecule has 1 saturated heterocycles. The predicted octanol–water partition coefficient (Wildman–Crippen LogP) is 0.950. The van der Waals surface area contributed by atoms with Crippen LogP contribution in [0.5, 0.6) is 0 Å². The zero-order chi connectivity index (χ0) is 18.9. The van der Waals surface area contributed by atoms with Crippen LogP contribution >= 0.6 is 0 Å². The number of carbonyl (C=O) groups is 1. The van der Waals surface area contributed by atoms with E-state index < -0.39 is 27.0 Å². The van der Waals surface area contributed by atoms with E-state index in [1.165, 1.54) is 22.6 Å². The van der Waals surface area contributed by atoms with Gasteiger partial charge < -0.3 is 14.5 Å². The minimum atomic E-state index is -3.72. The molecule has 0 unspecified atom stereocenters. The van der Waals surface area contributed by atoms with Crippen LogP contribution in [0.1, 0.15) is 43.0 Å². The van der Waals surface area contributed by atoms with Crippen molar-refractivity contribution < 1.29 is 18.3 Å². The third kappa shape index (κ3) is 3.26. The van der Waals surface area contributed by atoms with E-state index in [1.807, 2.05) is 6.92 Å². The van der Waals surface area contributed by atoms with Crippen LogP contribution in [0, 0.1) is 0 Å². The Morgan fingerprint density at radius 1 is 1.15 bits per heavy atom. The molecule has 0 saturated carbocycles. The molecule has 7 nitrogen and oxygen atoms in total. The fraction of sp³-hybridized carbons (Fsp3) is 0.444. The van der Waals surface area contributed by atoms with Gasteiger partial charge >= 0.3 is 0 Å². The second-order valence-electron chi connectivity index (χ2n) is 6.44. The number of aryl methyl sites for hydroxylation is 1. The molecule has 3 rings (SSSR count). The Kier molecular flexibility index (Phi) is 5.15. The van der Waals surface area contributed by atoms with Crippen LogP contribution in [0.15, 0.2) is 34.1 Å². The number of sulfonamides is 1. The van der Waals surface area contributed by atoms with Crippen LogP contribution in [0.3, 0.4) is 0 Å². The summed E-state index contributed by atoms with van der Waals surface area (Å²) in [4.78, 5) is 23.8. The highest BCUT2D eigenvalue weighted by Crippen LogP contribution is 2.23. The van der Waals surface area contributed by atoms with Crippen molar-refractivity contribution in [1.29, 1.82) is 0 Å². The van der Waals surface area contributed by atoms with Crippen molar-refractivity contribution in [1.82, 2.24) is 8.87 Å². The summed E-state index contributed by atoms with van der Waals surface area (Å²) >= 11 is 0. The van der Waals surface area contributed by atoms with Crippen molar-refractivity contribution >= 4 is 26.9 Å². The van der Waals surface area contributed by atoms with Gasteiger partial charge in [0, 0.05) is 31.2 Å². The maximum Gasteiger partial charge on any atom is 0.243 e. The zero-order valence-corrected chi connectivity index (χ0v) is 15.4. The summed E-state index contributed by atoms with van der Waals surface area (Å²) in [5.74, 6) is -1.57. The highest BCUT2D eigenvalue weighted by atomic mass is 32.2. The number of carboxylic acid groups (broad SMARTS) is 1. The fourth-order valence-electron chi connectivity index (χ4n) is 3.38. The number of pyridine rings is 1.